The molecule has 0 spiro atoms. The van der Waals surface area contributed by atoms with Crippen molar-refractivity contribution in [1.82, 2.24) is 4.57 Å². The minimum absolute atomic E-state index is 0.349. The van der Waals surface area contributed by atoms with Gasteiger partial charge in [0.25, 0.3) is 0 Å². The van der Waals surface area contributed by atoms with Gasteiger partial charge in [-0.25, -0.2) is 4.79 Å². The number of oxazole rings is 1. The van der Waals surface area contributed by atoms with E-state index in [0.29, 0.717) is 18.7 Å². The molecule has 0 bridgehead atoms. The second-order valence-electron chi connectivity index (χ2n) is 4.15. The monoisotopic (exact) mass is 255 g/mol. The third-order valence-electron chi connectivity index (χ3n) is 2.90. The zero-order valence-electron chi connectivity index (χ0n) is 10.3. The molecule has 19 heavy (non-hydrogen) atoms. The molecule has 0 aliphatic rings. The molecular formula is C15H13NO3. The van der Waals surface area contributed by atoms with Crippen molar-refractivity contribution in [1.29, 1.82) is 0 Å². The smallest absolute Gasteiger partial charge is 0.420 e. The number of para-hydroxylation sites is 3. The molecular weight excluding hydrogens is 242 g/mol. The molecule has 3 aromatic rings. The minimum atomic E-state index is -0.349. The molecule has 3 rings (SSSR count). The summed E-state index contributed by atoms with van der Waals surface area (Å²) in [5, 5.41) is 0. The fourth-order valence-electron chi connectivity index (χ4n) is 2.00. The fourth-order valence-corrected chi connectivity index (χ4v) is 2.00. The molecule has 2 aromatic carbocycles. The van der Waals surface area contributed by atoms with E-state index in [1.807, 2.05) is 48.5 Å². The number of nitrogens with zero attached hydrogens (tertiary/aromatic N) is 1. The lowest BCUT2D eigenvalue weighted by Crippen LogP contribution is -2.18. The molecule has 0 fully saturated rings. The first kappa shape index (κ1) is 11.6. The first-order valence-electron chi connectivity index (χ1n) is 6.11. The van der Waals surface area contributed by atoms with E-state index < -0.39 is 0 Å². The summed E-state index contributed by atoms with van der Waals surface area (Å²) < 4.78 is 12.3. The predicted octanol–water partition coefficient (Wildman–Crippen LogP) is 2.67. The van der Waals surface area contributed by atoms with Crippen LogP contribution in [0.4, 0.5) is 0 Å². The van der Waals surface area contributed by atoms with E-state index in [1.54, 1.807) is 10.6 Å². The quantitative estimate of drug-likeness (QED) is 0.720. The summed E-state index contributed by atoms with van der Waals surface area (Å²) in [5.74, 6) is 0.446. The number of benzene rings is 2. The minimum Gasteiger partial charge on any atom is -0.492 e. The number of aromatic nitrogens is 1. The van der Waals surface area contributed by atoms with Gasteiger partial charge in [0.2, 0.25) is 0 Å². The Morgan fingerprint density at radius 1 is 1.00 bits per heavy atom. The van der Waals surface area contributed by atoms with Crippen LogP contribution in [-0.4, -0.2) is 11.2 Å². The van der Waals surface area contributed by atoms with E-state index in [9.17, 15) is 4.79 Å². The summed E-state index contributed by atoms with van der Waals surface area (Å²) in [5.41, 5.74) is 1.40. The maximum Gasteiger partial charge on any atom is 0.420 e. The van der Waals surface area contributed by atoms with Gasteiger partial charge >= 0.3 is 5.76 Å². The number of fused-ring (bicyclic) bond motifs is 1. The molecule has 0 unspecified atom stereocenters. The third kappa shape index (κ3) is 2.38. The number of rotatable bonds is 4. The van der Waals surface area contributed by atoms with Crippen molar-refractivity contribution >= 4 is 11.1 Å². The van der Waals surface area contributed by atoms with E-state index >= 15 is 0 Å². The Morgan fingerprint density at radius 3 is 2.58 bits per heavy atom. The highest BCUT2D eigenvalue weighted by Gasteiger charge is 2.07. The van der Waals surface area contributed by atoms with Gasteiger partial charge in [-0.15, -0.1) is 0 Å². The summed E-state index contributed by atoms with van der Waals surface area (Å²) in [6.45, 7) is 0.887. The van der Waals surface area contributed by atoms with Gasteiger partial charge in [0.1, 0.15) is 12.4 Å². The lowest BCUT2D eigenvalue weighted by Gasteiger charge is -2.06. The maximum atomic E-state index is 11.7. The molecule has 4 nitrogen and oxygen atoms in total. The molecule has 0 radical (unpaired) electrons. The number of hydrogen-bond acceptors (Lipinski definition) is 3. The first-order chi connectivity index (χ1) is 9.34. The van der Waals surface area contributed by atoms with Crippen LogP contribution in [0.15, 0.2) is 63.8 Å². The number of ether oxygens (including phenoxy) is 1. The van der Waals surface area contributed by atoms with E-state index in [2.05, 4.69) is 0 Å². The van der Waals surface area contributed by atoms with E-state index in [-0.39, 0.29) is 5.76 Å². The Kier molecular flexibility index (Phi) is 3.06. The van der Waals surface area contributed by atoms with Gasteiger partial charge < -0.3 is 9.15 Å². The second-order valence-corrected chi connectivity index (χ2v) is 4.15. The third-order valence-corrected chi connectivity index (χ3v) is 2.90. The maximum absolute atomic E-state index is 11.7. The van der Waals surface area contributed by atoms with Gasteiger partial charge in [-0.05, 0) is 24.3 Å². The summed E-state index contributed by atoms with van der Waals surface area (Å²) in [7, 11) is 0. The average Bonchev–Trinajstić information content (AvgIpc) is 2.76. The zero-order valence-corrected chi connectivity index (χ0v) is 10.3. The lowest BCUT2D eigenvalue weighted by atomic mass is 10.3. The summed E-state index contributed by atoms with van der Waals surface area (Å²) in [6, 6.07) is 16.9. The Hall–Kier alpha value is -2.49. The van der Waals surface area contributed by atoms with Crippen molar-refractivity contribution in [2.75, 3.05) is 6.61 Å². The highest BCUT2D eigenvalue weighted by atomic mass is 16.5. The molecule has 0 N–H and O–H groups in total. The van der Waals surface area contributed by atoms with Crippen LogP contribution in [-0.2, 0) is 6.54 Å². The second kappa shape index (κ2) is 5.02. The van der Waals surface area contributed by atoms with Crippen LogP contribution in [0.25, 0.3) is 11.1 Å². The molecule has 96 valence electrons. The van der Waals surface area contributed by atoms with Gasteiger partial charge in [-0.2, -0.15) is 0 Å². The molecule has 1 aromatic heterocycles. The van der Waals surface area contributed by atoms with Crippen LogP contribution in [0.3, 0.4) is 0 Å². The summed E-state index contributed by atoms with van der Waals surface area (Å²) in [6.07, 6.45) is 0. The van der Waals surface area contributed by atoms with Crippen LogP contribution in [0, 0.1) is 0 Å². The van der Waals surface area contributed by atoms with Crippen LogP contribution in [0.5, 0.6) is 5.75 Å². The van der Waals surface area contributed by atoms with Crippen molar-refractivity contribution in [2.45, 2.75) is 6.54 Å². The molecule has 4 heteroatoms. The molecule has 0 atom stereocenters. The van der Waals surface area contributed by atoms with Crippen LogP contribution in [0.1, 0.15) is 0 Å². The van der Waals surface area contributed by atoms with E-state index in [4.69, 9.17) is 9.15 Å². The van der Waals surface area contributed by atoms with Crippen molar-refractivity contribution in [3.05, 3.63) is 65.1 Å². The van der Waals surface area contributed by atoms with E-state index in [1.165, 1.54) is 0 Å². The van der Waals surface area contributed by atoms with Gasteiger partial charge in [0.15, 0.2) is 5.58 Å². The molecule has 1 heterocycles. The Morgan fingerprint density at radius 2 is 1.74 bits per heavy atom. The average molecular weight is 255 g/mol. The lowest BCUT2D eigenvalue weighted by molar-refractivity contribution is 0.294. The Balaban J connectivity index is 1.75. The molecule has 0 aliphatic heterocycles. The van der Waals surface area contributed by atoms with Crippen LogP contribution < -0.4 is 10.5 Å². The fraction of sp³-hybridized carbons (Fsp3) is 0.133. The van der Waals surface area contributed by atoms with Gasteiger partial charge in [-0.1, -0.05) is 30.3 Å². The molecule has 0 saturated heterocycles. The molecule has 0 aliphatic carbocycles. The van der Waals surface area contributed by atoms with Gasteiger partial charge in [0.05, 0.1) is 12.1 Å². The van der Waals surface area contributed by atoms with Crippen molar-refractivity contribution in [3.63, 3.8) is 0 Å². The van der Waals surface area contributed by atoms with Crippen LogP contribution in [0.2, 0.25) is 0 Å². The largest absolute Gasteiger partial charge is 0.492 e. The highest BCUT2D eigenvalue weighted by molar-refractivity contribution is 5.72. The normalized spacial score (nSPS) is 10.7. The Labute approximate surface area is 109 Å². The van der Waals surface area contributed by atoms with E-state index in [0.717, 1.165) is 11.3 Å². The highest BCUT2D eigenvalue weighted by Crippen LogP contribution is 2.12. The molecule has 0 amide bonds. The van der Waals surface area contributed by atoms with Crippen molar-refractivity contribution in [2.24, 2.45) is 0 Å². The Bertz CT molecular complexity index is 728. The van der Waals surface area contributed by atoms with Gasteiger partial charge in [0, 0.05) is 0 Å². The first-order valence-corrected chi connectivity index (χ1v) is 6.11. The van der Waals surface area contributed by atoms with Crippen molar-refractivity contribution in [3.8, 4) is 5.75 Å². The summed E-state index contributed by atoms with van der Waals surface area (Å²) >= 11 is 0. The predicted molar refractivity (Wildman–Crippen MR) is 72.4 cm³/mol. The standard InChI is InChI=1S/C15H13NO3/c17-15-16(13-8-4-5-9-14(13)19-15)10-11-18-12-6-2-1-3-7-12/h1-9H,10-11H2. The topological polar surface area (TPSA) is 44.4 Å². The number of hydrogen-bond donors (Lipinski definition) is 0. The summed E-state index contributed by atoms with van der Waals surface area (Å²) in [4.78, 5) is 11.7. The zero-order chi connectivity index (χ0) is 13.1. The van der Waals surface area contributed by atoms with Gasteiger partial charge in [-0.3, -0.25) is 4.57 Å². The van der Waals surface area contributed by atoms with Crippen molar-refractivity contribution < 1.29 is 9.15 Å². The van der Waals surface area contributed by atoms with Crippen LogP contribution >= 0.6 is 0 Å². The molecule has 0 saturated carbocycles. The SMILES string of the molecule is O=c1oc2ccccc2n1CCOc1ccccc1.